The minimum Gasteiger partial charge on any atom is -0.392 e. The van der Waals surface area contributed by atoms with Gasteiger partial charge in [0.05, 0.1) is 6.61 Å². The van der Waals surface area contributed by atoms with Crippen molar-refractivity contribution in [3.05, 3.63) is 53.5 Å². The summed E-state index contributed by atoms with van der Waals surface area (Å²) in [6, 6.07) is 8.45. The summed E-state index contributed by atoms with van der Waals surface area (Å²) < 4.78 is 13.3. The van der Waals surface area contributed by atoms with Gasteiger partial charge in [0.2, 0.25) is 0 Å². The van der Waals surface area contributed by atoms with Crippen LogP contribution in [0.1, 0.15) is 11.1 Å². The van der Waals surface area contributed by atoms with Crippen molar-refractivity contribution in [3.8, 4) is 0 Å². The number of anilines is 2. The number of aromatic nitrogens is 1. The van der Waals surface area contributed by atoms with E-state index in [0.29, 0.717) is 0 Å². The van der Waals surface area contributed by atoms with Gasteiger partial charge in [-0.2, -0.15) is 0 Å². The van der Waals surface area contributed by atoms with Crippen LogP contribution in [0.5, 0.6) is 0 Å². The minimum atomic E-state index is -0.237. The zero-order valence-electron chi connectivity index (χ0n) is 9.81. The molecule has 2 aromatic rings. The molecule has 0 unspecified atom stereocenters. The summed E-state index contributed by atoms with van der Waals surface area (Å²) >= 11 is 0. The van der Waals surface area contributed by atoms with Gasteiger partial charge < -0.3 is 10.0 Å². The van der Waals surface area contributed by atoms with Gasteiger partial charge in [0.25, 0.3) is 0 Å². The van der Waals surface area contributed by atoms with Crippen molar-refractivity contribution in [2.75, 3.05) is 11.4 Å². The highest BCUT2D eigenvalue weighted by molar-refractivity contribution is 5.67. The summed E-state index contributed by atoms with van der Waals surface area (Å²) in [5.41, 5.74) is 2.81. The molecule has 0 saturated heterocycles. The van der Waals surface area contributed by atoms with Crippen molar-refractivity contribution in [3.63, 3.8) is 0 Å². The van der Waals surface area contributed by atoms with Gasteiger partial charge in [0.1, 0.15) is 11.6 Å². The summed E-state index contributed by atoms with van der Waals surface area (Å²) in [6.45, 7) is 0.778. The Morgan fingerprint density at radius 3 is 3.00 bits per heavy atom. The SMILES string of the molecule is OCc1ccnc(N2CCc3ccc(F)cc32)c1. The summed E-state index contributed by atoms with van der Waals surface area (Å²) in [6.07, 6.45) is 2.55. The molecule has 0 atom stereocenters. The van der Waals surface area contributed by atoms with Gasteiger partial charge in [0, 0.05) is 18.4 Å². The van der Waals surface area contributed by atoms with Gasteiger partial charge >= 0.3 is 0 Å². The van der Waals surface area contributed by atoms with E-state index in [1.165, 1.54) is 12.1 Å². The fourth-order valence-corrected chi connectivity index (χ4v) is 2.30. The van der Waals surface area contributed by atoms with E-state index in [2.05, 4.69) is 4.98 Å². The predicted octanol–water partition coefficient (Wildman–Crippen LogP) is 2.41. The highest BCUT2D eigenvalue weighted by atomic mass is 19.1. The first-order valence-corrected chi connectivity index (χ1v) is 5.89. The van der Waals surface area contributed by atoms with E-state index in [0.717, 1.165) is 35.6 Å². The zero-order valence-corrected chi connectivity index (χ0v) is 9.81. The van der Waals surface area contributed by atoms with Crippen LogP contribution in [0.3, 0.4) is 0 Å². The van der Waals surface area contributed by atoms with Crippen molar-refractivity contribution in [2.45, 2.75) is 13.0 Å². The van der Waals surface area contributed by atoms with Crippen LogP contribution in [0.2, 0.25) is 0 Å². The average molecular weight is 244 g/mol. The number of rotatable bonds is 2. The number of pyridine rings is 1. The number of fused-ring (bicyclic) bond motifs is 1. The molecule has 0 aliphatic carbocycles. The molecule has 3 rings (SSSR count). The molecule has 0 radical (unpaired) electrons. The molecule has 18 heavy (non-hydrogen) atoms. The van der Waals surface area contributed by atoms with Crippen LogP contribution in [-0.4, -0.2) is 16.6 Å². The van der Waals surface area contributed by atoms with Crippen LogP contribution in [0.4, 0.5) is 15.9 Å². The Hall–Kier alpha value is -1.94. The van der Waals surface area contributed by atoms with Gasteiger partial charge in [-0.05, 0) is 41.8 Å². The zero-order chi connectivity index (χ0) is 12.5. The maximum Gasteiger partial charge on any atom is 0.133 e. The molecule has 0 bridgehead atoms. The second-order valence-corrected chi connectivity index (χ2v) is 4.36. The molecule has 3 nitrogen and oxygen atoms in total. The van der Waals surface area contributed by atoms with E-state index >= 15 is 0 Å². The molecule has 4 heteroatoms. The third-order valence-electron chi connectivity index (χ3n) is 3.21. The number of benzene rings is 1. The van der Waals surface area contributed by atoms with E-state index in [1.807, 2.05) is 17.0 Å². The lowest BCUT2D eigenvalue weighted by Crippen LogP contribution is -2.15. The fraction of sp³-hybridized carbons (Fsp3) is 0.214. The lowest BCUT2D eigenvalue weighted by molar-refractivity contribution is 0.282. The minimum absolute atomic E-state index is 0.0145. The fourth-order valence-electron chi connectivity index (χ4n) is 2.30. The molecular weight excluding hydrogens is 231 g/mol. The van der Waals surface area contributed by atoms with E-state index in [1.54, 1.807) is 12.3 Å². The van der Waals surface area contributed by atoms with Gasteiger partial charge in [0.15, 0.2) is 0 Å². The molecule has 0 saturated carbocycles. The molecule has 0 amide bonds. The summed E-state index contributed by atoms with van der Waals surface area (Å²) in [5, 5.41) is 9.14. The quantitative estimate of drug-likeness (QED) is 0.881. The molecule has 1 aromatic heterocycles. The molecule has 2 heterocycles. The summed E-state index contributed by atoms with van der Waals surface area (Å²) in [5.74, 6) is 0.518. The van der Waals surface area contributed by atoms with Gasteiger partial charge in [-0.15, -0.1) is 0 Å². The summed E-state index contributed by atoms with van der Waals surface area (Å²) in [7, 11) is 0. The van der Waals surface area contributed by atoms with E-state index < -0.39 is 0 Å². The highest BCUT2D eigenvalue weighted by Crippen LogP contribution is 2.34. The molecule has 1 N–H and O–H groups in total. The molecule has 0 fully saturated rings. The lowest BCUT2D eigenvalue weighted by atomic mass is 10.2. The Morgan fingerprint density at radius 2 is 2.17 bits per heavy atom. The van der Waals surface area contributed by atoms with Crippen molar-refractivity contribution >= 4 is 11.5 Å². The second-order valence-electron chi connectivity index (χ2n) is 4.36. The normalized spacial score (nSPS) is 13.8. The third-order valence-corrected chi connectivity index (χ3v) is 3.21. The Kier molecular flexibility index (Phi) is 2.72. The molecule has 1 aliphatic heterocycles. The highest BCUT2D eigenvalue weighted by Gasteiger charge is 2.21. The van der Waals surface area contributed by atoms with Gasteiger partial charge in [-0.1, -0.05) is 6.07 Å². The number of aliphatic hydroxyl groups is 1. The largest absolute Gasteiger partial charge is 0.392 e. The van der Waals surface area contributed by atoms with Crippen molar-refractivity contribution < 1.29 is 9.50 Å². The van der Waals surface area contributed by atoms with Crippen LogP contribution < -0.4 is 4.90 Å². The van der Waals surface area contributed by atoms with Crippen LogP contribution in [0.15, 0.2) is 36.5 Å². The second kappa shape index (κ2) is 4.38. The monoisotopic (exact) mass is 244 g/mol. The van der Waals surface area contributed by atoms with Crippen LogP contribution in [0, 0.1) is 5.82 Å². The van der Waals surface area contributed by atoms with Crippen molar-refractivity contribution in [1.82, 2.24) is 4.98 Å². The van der Waals surface area contributed by atoms with E-state index in [9.17, 15) is 4.39 Å². The molecule has 0 spiro atoms. The first kappa shape index (κ1) is 11.2. The van der Waals surface area contributed by atoms with Crippen molar-refractivity contribution in [1.29, 1.82) is 0 Å². The standard InChI is InChI=1S/C14H13FN2O/c15-12-2-1-11-4-6-17(13(11)8-12)14-7-10(9-18)3-5-16-14/h1-3,5,7-8,18H,4,6,9H2. The predicted molar refractivity (Wildman–Crippen MR) is 67.3 cm³/mol. The first-order valence-electron chi connectivity index (χ1n) is 5.89. The Balaban J connectivity index is 2.02. The number of halogens is 1. The molecular formula is C14H13FN2O. The molecule has 1 aromatic carbocycles. The number of hydrogen-bond acceptors (Lipinski definition) is 3. The van der Waals surface area contributed by atoms with Gasteiger partial charge in [-0.25, -0.2) is 9.37 Å². The van der Waals surface area contributed by atoms with E-state index in [-0.39, 0.29) is 12.4 Å². The van der Waals surface area contributed by atoms with Crippen LogP contribution in [0.25, 0.3) is 0 Å². The topological polar surface area (TPSA) is 36.4 Å². The first-order chi connectivity index (χ1) is 8.78. The van der Waals surface area contributed by atoms with E-state index in [4.69, 9.17) is 5.11 Å². The third kappa shape index (κ3) is 1.84. The number of nitrogens with zero attached hydrogens (tertiary/aromatic N) is 2. The molecule has 92 valence electrons. The lowest BCUT2D eigenvalue weighted by Gasteiger charge is -2.18. The molecule has 1 aliphatic rings. The number of aliphatic hydroxyl groups excluding tert-OH is 1. The smallest absolute Gasteiger partial charge is 0.133 e. The summed E-state index contributed by atoms with van der Waals surface area (Å²) in [4.78, 5) is 6.27. The van der Waals surface area contributed by atoms with Crippen LogP contribution in [-0.2, 0) is 13.0 Å². The average Bonchev–Trinajstić information content (AvgIpc) is 2.81. The van der Waals surface area contributed by atoms with Crippen molar-refractivity contribution in [2.24, 2.45) is 0 Å². The maximum absolute atomic E-state index is 13.3. The number of hydrogen-bond donors (Lipinski definition) is 1. The Morgan fingerprint density at radius 1 is 1.28 bits per heavy atom. The van der Waals surface area contributed by atoms with Crippen LogP contribution >= 0.6 is 0 Å². The Labute approximate surface area is 105 Å². The Bertz CT molecular complexity index is 586. The van der Waals surface area contributed by atoms with Gasteiger partial charge in [-0.3, -0.25) is 0 Å². The maximum atomic E-state index is 13.3.